The molecule has 0 amide bonds. The van der Waals surface area contributed by atoms with Crippen LogP contribution in [0.1, 0.15) is 36.8 Å². The van der Waals surface area contributed by atoms with Crippen LogP contribution in [-0.2, 0) is 13.1 Å². The Morgan fingerprint density at radius 1 is 0.818 bits per heavy atom. The van der Waals surface area contributed by atoms with Crippen molar-refractivity contribution in [3.8, 4) is 5.75 Å². The average molecular weight is 459 g/mol. The summed E-state index contributed by atoms with van der Waals surface area (Å²) in [7, 11) is 0. The van der Waals surface area contributed by atoms with Crippen LogP contribution >= 0.6 is 11.3 Å². The number of nitrogens with zero attached hydrogens (tertiary/aromatic N) is 3. The van der Waals surface area contributed by atoms with E-state index in [1.165, 1.54) is 36.5 Å². The molecule has 6 rings (SSSR count). The van der Waals surface area contributed by atoms with Crippen LogP contribution in [0.25, 0.3) is 21.7 Å². The molecule has 2 N–H and O–H groups in total. The van der Waals surface area contributed by atoms with Crippen molar-refractivity contribution in [2.45, 2.75) is 38.8 Å². The quantitative estimate of drug-likeness (QED) is 0.343. The van der Waals surface area contributed by atoms with Crippen molar-refractivity contribution in [3.63, 3.8) is 0 Å². The molecule has 2 aliphatic rings. The highest BCUT2D eigenvalue weighted by molar-refractivity contribution is 7.09. The molecule has 2 fully saturated rings. The largest absolute Gasteiger partial charge is 0.507 e. The molecule has 6 heteroatoms. The third kappa shape index (κ3) is 4.19. The number of phenolic OH excluding ortho intramolecular Hbond substituents is 1. The Balaban J connectivity index is 1.39. The zero-order valence-electron chi connectivity index (χ0n) is 18.9. The van der Waals surface area contributed by atoms with Crippen LogP contribution in [0, 0.1) is 0 Å². The molecule has 0 saturated carbocycles. The maximum Gasteiger partial charge on any atom is 0.139 e. The molecule has 2 aliphatic heterocycles. The molecular formula is C27H30N4OS. The molecule has 0 aliphatic carbocycles. The first-order valence-electron chi connectivity index (χ1n) is 12.1. The molecule has 4 aromatic rings. The van der Waals surface area contributed by atoms with E-state index < -0.39 is 0 Å². The first-order chi connectivity index (χ1) is 16.2. The molecule has 2 saturated heterocycles. The molecule has 0 radical (unpaired) electrons. The predicted octanol–water partition coefficient (Wildman–Crippen LogP) is 6.09. The number of likely N-dealkylation sites (tertiary alicyclic amines) is 2. The van der Waals surface area contributed by atoms with Crippen LogP contribution in [0.15, 0.2) is 47.2 Å². The fraction of sp³-hybridized carbons (Fsp3) is 0.370. The molecule has 4 heterocycles. The maximum absolute atomic E-state index is 11.2. The minimum atomic E-state index is 0.464. The normalized spacial score (nSPS) is 17.5. The monoisotopic (exact) mass is 458 g/mol. The van der Waals surface area contributed by atoms with Crippen LogP contribution in [0.3, 0.4) is 0 Å². The number of aromatic nitrogens is 1. The van der Waals surface area contributed by atoms with Crippen molar-refractivity contribution in [1.82, 2.24) is 14.8 Å². The number of hydrogen-bond donors (Lipinski definition) is 2. The molecule has 5 nitrogen and oxygen atoms in total. The number of rotatable bonds is 6. The van der Waals surface area contributed by atoms with Crippen molar-refractivity contribution in [1.29, 1.82) is 0 Å². The summed E-state index contributed by atoms with van der Waals surface area (Å²) in [5, 5.41) is 22.8. The van der Waals surface area contributed by atoms with Crippen LogP contribution < -0.4 is 5.32 Å². The third-order valence-corrected chi connectivity index (χ3v) is 7.80. The molecule has 0 unspecified atom stereocenters. The minimum absolute atomic E-state index is 0.464. The van der Waals surface area contributed by atoms with E-state index in [1.54, 1.807) is 11.3 Å². The number of aromatic hydroxyl groups is 1. The van der Waals surface area contributed by atoms with Gasteiger partial charge in [-0.2, -0.15) is 11.3 Å². The first kappa shape index (κ1) is 20.9. The van der Waals surface area contributed by atoms with Crippen molar-refractivity contribution in [2.75, 3.05) is 31.5 Å². The number of hydrogen-bond acceptors (Lipinski definition) is 6. The second-order valence-corrected chi connectivity index (χ2v) is 10.2. The summed E-state index contributed by atoms with van der Waals surface area (Å²) in [5.41, 5.74) is 4.03. The summed E-state index contributed by atoms with van der Waals surface area (Å²) in [5.74, 6) is 1.35. The lowest BCUT2D eigenvalue weighted by molar-refractivity contribution is 0.312. The Bertz CT molecular complexity index is 1250. The molecule has 0 bridgehead atoms. The fourth-order valence-corrected chi connectivity index (χ4v) is 6.17. The van der Waals surface area contributed by atoms with Gasteiger partial charge in [-0.15, -0.1) is 0 Å². The topological polar surface area (TPSA) is 51.6 Å². The number of thiophene rings is 1. The van der Waals surface area contributed by atoms with Gasteiger partial charge in [-0.25, -0.2) is 4.98 Å². The standard InChI is InChI=1S/C27H30N4OS/c32-26-19(15-30-9-3-4-10-30)13-21(14-20(26)16-31-11-5-6-12-31)28-27-24-18-33-17-23(24)22-7-1-2-8-25(22)29-27/h1-2,7-8,13-14,17-18,32H,3-6,9-12,15-16H2,(H,28,29). The molecule has 33 heavy (non-hydrogen) atoms. The van der Waals surface area contributed by atoms with Gasteiger partial charge in [0.25, 0.3) is 0 Å². The zero-order valence-corrected chi connectivity index (χ0v) is 19.7. The molecule has 0 atom stereocenters. The van der Waals surface area contributed by atoms with Gasteiger partial charge in [0.1, 0.15) is 11.6 Å². The Kier molecular flexibility index (Phi) is 5.66. The minimum Gasteiger partial charge on any atom is -0.507 e. The number of phenols is 1. The highest BCUT2D eigenvalue weighted by Gasteiger charge is 2.20. The second kappa shape index (κ2) is 8.93. The van der Waals surface area contributed by atoms with Gasteiger partial charge in [-0.05, 0) is 75.4 Å². The first-order valence-corrected chi connectivity index (χ1v) is 13.0. The molecule has 2 aromatic carbocycles. The van der Waals surface area contributed by atoms with Crippen LogP contribution in [0.4, 0.5) is 11.5 Å². The van der Waals surface area contributed by atoms with Crippen molar-refractivity contribution < 1.29 is 5.11 Å². The van der Waals surface area contributed by atoms with Gasteiger partial charge in [0, 0.05) is 51.4 Å². The highest BCUT2D eigenvalue weighted by atomic mass is 32.1. The van der Waals surface area contributed by atoms with Gasteiger partial charge in [-0.3, -0.25) is 9.80 Å². The maximum atomic E-state index is 11.2. The molecule has 2 aromatic heterocycles. The summed E-state index contributed by atoms with van der Waals surface area (Å²) in [6.45, 7) is 6.04. The summed E-state index contributed by atoms with van der Waals surface area (Å²) in [6, 6.07) is 12.6. The van der Waals surface area contributed by atoms with Crippen LogP contribution in [0.5, 0.6) is 5.75 Å². The van der Waals surface area contributed by atoms with Crippen LogP contribution in [-0.4, -0.2) is 46.1 Å². The van der Waals surface area contributed by atoms with Crippen molar-refractivity contribution in [3.05, 3.63) is 58.3 Å². The Hall–Kier alpha value is -2.67. The zero-order chi connectivity index (χ0) is 22.2. The number of fused-ring (bicyclic) bond motifs is 3. The van der Waals surface area contributed by atoms with Gasteiger partial charge in [0.05, 0.1) is 5.52 Å². The highest BCUT2D eigenvalue weighted by Crippen LogP contribution is 2.36. The molecular weight excluding hydrogens is 428 g/mol. The van der Waals surface area contributed by atoms with E-state index in [0.29, 0.717) is 5.75 Å². The summed E-state index contributed by atoms with van der Waals surface area (Å²) in [4.78, 5) is 9.87. The van der Waals surface area contributed by atoms with E-state index in [1.807, 2.05) is 6.07 Å². The van der Waals surface area contributed by atoms with Gasteiger partial charge in [0.15, 0.2) is 0 Å². The van der Waals surface area contributed by atoms with Gasteiger partial charge < -0.3 is 10.4 Å². The Morgan fingerprint density at radius 2 is 1.42 bits per heavy atom. The number of benzene rings is 2. The average Bonchev–Trinajstić information content (AvgIpc) is 3.60. The lowest BCUT2D eigenvalue weighted by atomic mass is 10.1. The van der Waals surface area contributed by atoms with E-state index >= 15 is 0 Å². The van der Waals surface area contributed by atoms with E-state index in [4.69, 9.17) is 4.98 Å². The van der Waals surface area contributed by atoms with Gasteiger partial charge in [0.2, 0.25) is 0 Å². The fourth-order valence-electron chi connectivity index (χ4n) is 5.34. The number of para-hydroxylation sites is 1. The summed E-state index contributed by atoms with van der Waals surface area (Å²) < 4.78 is 0. The van der Waals surface area contributed by atoms with E-state index in [-0.39, 0.29) is 0 Å². The van der Waals surface area contributed by atoms with Crippen molar-refractivity contribution >= 4 is 44.5 Å². The third-order valence-electron chi connectivity index (χ3n) is 7.06. The number of anilines is 2. The van der Waals surface area contributed by atoms with Gasteiger partial charge >= 0.3 is 0 Å². The van der Waals surface area contributed by atoms with E-state index in [2.05, 4.69) is 56.2 Å². The van der Waals surface area contributed by atoms with E-state index in [0.717, 1.165) is 72.8 Å². The molecule has 170 valence electrons. The summed E-state index contributed by atoms with van der Waals surface area (Å²) >= 11 is 1.71. The van der Waals surface area contributed by atoms with E-state index in [9.17, 15) is 5.11 Å². The Morgan fingerprint density at radius 3 is 2.09 bits per heavy atom. The smallest absolute Gasteiger partial charge is 0.139 e. The Labute approximate surface area is 198 Å². The lowest BCUT2D eigenvalue weighted by Gasteiger charge is -2.21. The molecule has 0 spiro atoms. The lowest BCUT2D eigenvalue weighted by Crippen LogP contribution is -2.20. The van der Waals surface area contributed by atoms with Crippen LogP contribution in [0.2, 0.25) is 0 Å². The predicted molar refractivity (Wildman–Crippen MR) is 138 cm³/mol. The summed E-state index contributed by atoms with van der Waals surface area (Å²) in [6.07, 6.45) is 4.99. The SMILES string of the molecule is Oc1c(CN2CCCC2)cc(Nc2nc3ccccc3c3cscc23)cc1CN1CCCC1. The number of pyridine rings is 1. The van der Waals surface area contributed by atoms with Gasteiger partial charge in [-0.1, -0.05) is 18.2 Å². The second-order valence-electron chi connectivity index (χ2n) is 9.41. The number of nitrogens with one attached hydrogen (secondary N) is 1. The van der Waals surface area contributed by atoms with Crippen molar-refractivity contribution in [2.24, 2.45) is 0 Å².